The number of hydrogen-bond acceptors (Lipinski definition) is 1. The molecule has 2 nitrogen and oxygen atoms in total. The lowest BCUT2D eigenvalue weighted by Crippen LogP contribution is -2.26. The van der Waals surface area contributed by atoms with Crippen LogP contribution in [0, 0.1) is 12.3 Å². The zero-order valence-corrected chi connectivity index (χ0v) is 11.8. The maximum Gasteiger partial charge on any atom is 0.309 e. The summed E-state index contributed by atoms with van der Waals surface area (Å²) < 4.78 is 0.874. The smallest absolute Gasteiger partial charge is 0.309 e. The summed E-state index contributed by atoms with van der Waals surface area (Å²) >= 11 is 9.41. The summed E-state index contributed by atoms with van der Waals surface area (Å²) in [7, 11) is 0. The predicted octanol–water partition coefficient (Wildman–Crippen LogP) is 4.06. The van der Waals surface area contributed by atoms with Crippen LogP contribution in [-0.2, 0) is 11.2 Å². The molecule has 4 heteroatoms. The highest BCUT2D eigenvalue weighted by molar-refractivity contribution is 9.10. The van der Waals surface area contributed by atoms with E-state index in [0.717, 1.165) is 15.6 Å². The molecule has 1 aromatic rings. The number of hydrogen-bond donors (Lipinski definition) is 1. The molecule has 0 amide bonds. The second kappa shape index (κ2) is 4.76. The predicted molar refractivity (Wildman–Crippen MR) is 69.0 cm³/mol. The number of carbonyl (C=O) groups is 1. The van der Waals surface area contributed by atoms with Gasteiger partial charge >= 0.3 is 5.97 Å². The van der Waals surface area contributed by atoms with E-state index in [4.69, 9.17) is 16.7 Å². The first-order valence-electron chi connectivity index (χ1n) is 4.92. The molecular formula is C12H14BrClO2. The summed E-state index contributed by atoms with van der Waals surface area (Å²) in [5, 5.41) is 9.75. The van der Waals surface area contributed by atoms with E-state index in [9.17, 15) is 4.79 Å². The second-order valence-electron chi connectivity index (χ2n) is 4.54. The topological polar surface area (TPSA) is 37.3 Å². The Kier molecular flexibility index (Phi) is 4.02. The average molecular weight is 306 g/mol. The van der Waals surface area contributed by atoms with Gasteiger partial charge in [0.1, 0.15) is 0 Å². The molecule has 1 rings (SSSR count). The van der Waals surface area contributed by atoms with Gasteiger partial charge in [-0.25, -0.2) is 0 Å². The molecule has 16 heavy (non-hydrogen) atoms. The van der Waals surface area contributed by atoms with Crippen molar-refractivity contribution in [2.45, 2.75) is 27.2 Å². The largest absolute Gasteiger partial charge is 0.481 e. The van der Waals surface area contributed by atoms with Crippen molar-refractivity contribution < 1.29 is 9.90 Å². The molecule has 0 aliphatic rings. The van der Waals surface area contributed by atoms with Crippen molar-refractivity contribution in [1.82, 2.24) is 0 Å². The molecule has 0 heterocycles. The number of carboxylic acids is 1. The van der Waals surface area contributed by atoms with Crippen molar-refractivity contribution in [3.05, 3.63) is 32.8 Å². The Morgan fingerprint density at radius 3 is 2.56 bits per heavy atom. The fourth-order valence-electron chi connectivity index (χ4n) is 1.43. The first-order valence-corrected chi connectivity index (χ1v) is 6.09. The number of benzene rings is 1. The molecule has 0 bridgehead atoms. The SMILES string of the molecule is Cc1c(Cl)cc(Br)cc1CC(C)(C)C(=O)O. The lowest BCUT2D eigenvalue weighted by Gasteiger charge is -2.20. The van der Waals surface area contributed by atoms with E-state index in [1.165, 1.54) is 0 Å². The third-order valence-corrected chi connectivity index (χ3v) is 3.48. The summed E-state index contributed by atoms with van der Waals surface area (Å²) in [6.07, 6.45) is 0.466. The first kappa shape index (κ1) is 13.5. The molecule has 0 radical (unpaired) electrons. The Hall–Kier alpha value is -0.540. The summed E-state index contributed by atoms with van der Waals surface area (Å²) in [6.45, 7) is 5.33. The third kappa shape index (κ3) is 2.98. The van der Waals surface area contributed by atoms with Gasteiger partial charge in [0.15, 0.2) is 0 Å². The van der Waals surface area contributed by atoms with E-state index in [1.54, 1.807) is 13.8 Å². The maximum absolute atomic E-state index is 11.1. The van der Waals surface area contributed by atoms with E-state index in [-0.39, 0.29) is 0 Å². The van der Waals surface area contributed by atoms with Crippen LogP contribution in [0.1, 0.15) is 25.0 Å². The van der Waals surface area contributed by atoms with Crippen molar-refractivity contribution in [2.75, 3.05) is 0 Å². The standard InChI is InChI=1S/C12H14BrClO2/c1-7-8(4-9(13)5-10(7)14)6-12(2,3)11(15)16/h4-5H,6H2,1-3H3,(H,15,16). The van der Waals surface area contributed by atoms with Gasteiger partial charge in [-0.3, -0.25) is 4.79 Å². The molecule has 0 fully saturated rings. The zero-order chi connectivity index (χ0) is 12.5. The van der Waals surface area contributed by atoms with E-state index in [2.05, 4.69) is 15.9 Å². The maximum atomic E-state index is 11.1. The molecule has 1 aromatic carbocycles. The lowest BCUT2D eigenvalue weighted by molar-refractivity contribution is -0.146. The quantitative estimate of drug-likeness (QED) is 0.914. The van der Waals surface area contributed by atoms with Gasteiger partial charge in [0.25, 0.3) is 0 Å². The van der Waals surface area contributed by atoms with E-state index >= 15 is 0 Å². The second-order valence-corrected chi connectivity index (χ2v) is 5.86. The Morgan fingerprint density at radius 2 is 2.06 bits per heavy atom. The monoisotopic (exact) mass is 304 g/mol. The van der Waals surface area contributed by atoms with Crippen LogP contribution in [0.15, 0.2) is 16.6 Å². The molecule has 88 valence electrons. The molecule has 0 spiro atoms. The summed E-state index contributed by atoms with van der Waals surface area (Å²) in [5.74, 6) is -0.803. The summed E-state index contributed by atoms with van der Waals surface area (Å²) in [6, 6.07) is 3.74. The van der Waals surface area contributed by atoms with Gasteiger partial charge in [-0.2, -0.15) is 0 Å². The Bertz CT molecular complexity index is 427. The molecule has 0 saturated heterocycles. The lowest BCUT2D eigenvalue weighted by atomic mass is 9.84. The van der Waals surface area contributed by atoms with Crippen LogP contribution >= 0.6 is 27.5 Å². The number of halogens is 2. The minimum atomic E-state index is -0.803. The van der Waals surface area contributed by atoms with Crippen LogP contribution in [0.4, 0.5) is 0 Å². The minimum absolute atomic E-state index is 0.466. The van der Waals surface area contributed by atoms with Gasteiger partial charge in [0, 0.05) is 9.50 Å². The van der Waals surface area contributed by atoms with Crippen LogP contribution in [0.2, 0.25) is 5.02 Å². The Balaban J connectivity index is 3.11. The first-order chi connectivity index (χ1) is 7.24. The Labute approximate surface area is 109 Å². The minimum Gasteiger partial charge on any atom is -0.481 e. The molecule has 0 atom stereocenters. The molecule has 0 aliphatic carbocycles. The summed E-state index contributed by atoms with van der Waals surface area (Å²) in [4.78, 5) is 11.1. The van der Waals surface area contributed by atoms with Crippen molar-refractivity contribution in [3.63, 3.8) is 0 Å². The highest BCUT2D eigenvalue weighted by Crippen LogP contribution is 2.30. The fourth-order valence-corrected chi connectivity index (χ4v) is 2.31. The van der Waals surface area contributed by atoms with Gasteiger partial charge in [-0.1, -0.05) is 27.5 Å². The van der Waals surface area contributed by atoms with Crippen molar-refractivity contribution in [2.24, 2.45) is 5.41 Å². The van der Waals surface area contributed by atoms with Crippen LogP contribution in [-0.4, -0.2) is 11.1 Å². The zero-order valence-electron chi connectivity index (χ0n) is 9.47. The van der Waals surface area contributed by atoms with Gasteiger partial charge in [0.05, 0.1) is 5.41 Å². The number of aliphatic carboxylic acids is 1. The average Bonchev–Trinajstić information content (AvgIpc) is 2.12. The van der Waals surface area contributed by atoms with Gasteiger partial charge < -0.3 is 5.11 Å². The molecule has 0 aromatic heterocycles. The van der Waals surface area contributed by atoms with Gasteiger partial charge in [-0.05, 0) is 50.5 Å². The molecule has 0 aliphatic heterocycles. The normalized spacial score (nSPS) is 11.6. The van der Waals surface area contributed by atoms with Crippen molar-refractivity contribution in [1.29, 1.82) is 0 Å². The van der Waals surface area contributed by atoms with E-state index in [1.807, 2.05) is 19.1 Å². The molecule has 1 N–H and O–H groups in total. The van der Waals surface area contributed by atoms with Gasteiger partial charge in [-0.15, -0.1) is 0 Å². The van der Waals surface area contributed by atoms with Crippen LogP contribution in [0.5, 0.6) is 0 Å². The molecular weight excluding hydrogens is 291 g/mol. The van der Waals surface area contributed by atoms with Crippen LogP contribution < -0.4 is 0 Å². The molecule has 0 saturated carbocycles. The third-order valence-electron chi connectivity index (χ3n) is 2.63. The number of carboxylic acid groups (broad SMARTS) is 1. The van der Waals surface area contributed by atoms with Crippen molar-refractivity contribution >= 4 is 33.5 Å². The van der Waals surface area contributed by atoms with E-state index < -0.39 is 11.4 Å². The highest BCUT2D eigenvalue weighted by atomic mass is 79.9. The number of rotatable bonds is 3. The summed E-state index contributed by atoms with van der Waals surface area (Å²) in [5.41, 5.74) is 1.13. The molecule has 0 unspecified atom stereocenters. The van der Waals surface area contributed by atoms with Gasteiger partial charge in [0.2, 0.25) is 0 Å². The van der Waals surface area contributed by atoms with E-state index in [0.29, 0.717) is 11.4 Å². The highest BCUT2D eigenvalue weighted by Gasteiger charge is 2.28. The van der Waals surface area contributed by atoms with Crippen LogP contribution in [0.25, 0.3) is 0 Å². The van der Waals surface area contributed by atoms with Crippen LogP contribution in [0.3, 0.4) is 0 Å². The Morgan fingerprint density at radius 1 is 1.50 bits per heavy atom. The van der Waals surface area contributed by atoms with Crippen molar-refractivity contribution in [3.8, 4) is 0 Å². The fraction of sp³-hybridized carbons (Fsp3) is 0.417.